The zero-order chi connectivity index (χ0) is 13.6. The molecule has 0 heterocycles. The van der Waals surface area contributed by atoms with Crippen LogP contribution in [0.4, 0.5) is 0 Å². The minimum Gasteiger partial charge on any atom is -0.355 e. The van der Waals surface area contributed by atoms with Gasteiger partial charge in [-0.2, -0.15) is 0 Å². The second-order valence-electron chi connectivity index (χ2n) is 5.32. The quantitative estimate of drug-likeness (QED) is 0.760. The van der Waals surface area contributed by atoms with E-state index in [0.29, 0.717) is 19.5 Å². The topological polar surface area (TPSA) is 61.4 Å². The molecular weight excluding hydrogens is 266 g/mol. The summed E-state index contributed by atoms with van der Waals surface area (Å²) in [5.41, 5.74) is -0.362. The smallest absolute Gasteiger partial charge is 0.230 e. The number of hydrogen-bond acceptors (Lipinski definition) is 3. The zero-order valence-corrected chi connectivity index (χ0v) is 12.9. The number of rotatable bonds is 6. The lowest BCUT2D eigenvalue weighted by Gasteiger charge is -2.30. The van der Waals surface area contributed by atoms with E-state index in [-0.39, 0.29) is 29.6 Å². The fraction of sp³-hybridized carbons (Fsp3) is 0.846. The Morgan fingerprint density at radius 1 is 1.21 bits per heavy atom. The number of hydrogen-bond donors (Lipinski definition) is 2. The van der Waals surface area contributed by atoms with E-state index in [1.807, 2.05) is 7.05 Å². The lowest BCUT2D eigenvalue weighted by atomic mass is 9.84. The molecule has 19 heavy (non-hydrogen) atoms. The number of amides is 2. The monoisotopic (exact) mass is 291 g/mol. The van der Waals surface area contributed by atoms with Crippen molar-refractivity contribution in [3.8, 4) is 0 Å². The molecule has 0 spiro atoms. The van der Waals surface area contributed by atoms with Crippen LogP contribution in [-0.4, -0.2) is 50.9 Å². The van der Waals surface area contributed by atoms with Gasteiger partial charge in [-0.25, -0.2) is 0 Å². The summed E-state index contributed by atoms with van der Waals surface area (Å²) in [5, 5.41) is 5.85. The second kappa shape index (κ2) is 8.38. The van der Waals surface area contributed by atoms with Gasteiger partial charge in [0.2, 0.25) is 11.8 Å². The highest BCUT2D eigenvalue weighted by Crippen LogP contribution is 2.38. The van der Waals surface area contributed by atoms with Gasteiger partial charge in [0.05, 0.1) is 5.41 Å². The molecule has 0 bridgehead atoms. The van der Waals surface area contributed by atoms with E-state index in [9.17, 15) is 9.59 Å². The lowest BCUT2D eigenvalue weighted by molar-refractivity contribution is -0.139. The van der Waals surface area contributed by atoms with Gasteiger partial charge in [0, 0.05) is 33.6 Å². The maximum absolute atomic E-state index is 12.3. The van der Waals surface area contributed by atoms with E-state index in [4.69, 9.17) is 0 Å². The molecule has 2 N–H and O–H groups in total. The Kier molecular flexibility index (Phi) is 8.02. The van der Waals surface area contributed by atoms with Crippen molar-refractivity contribution in [3.05, 3.63) is 0 Å². The number of carbonyl (C=O) groups is 2. The van der Waals surface area contributed by atoms with Crippen molar-refractivity contribution in [1.29, 1.82) is 0 Å². The average Bonchev–Trinajstić information content (AvgIpc) is 2.82. The van der Waals surface area contributed by atoms with Gasteiger partial charge in [-0.05, 0) is 19.9 Å². The Hall–Kier alpha value is -0.810. The SMILES string of the molecule is CNCCC(=O)NCC1(C(=O)N(C)C)CCCC1.Cl. The molecule has 0 radical (unpaired) electrons. The van der Waals surface area contributed by atoms with Crippen LogP contribution in [0.2, 0.25) is 0 Å². The van der Waals surface area contributed by atoms with Crippen molar-refractivity contribution in [1.82, 2.24) is 15.5 Å². The standard InChI is InChI=1S/C13H25N3O2.ClH/c1-14-9-6-11(17)15-10-13(7-4-5-8-13)12(18)16(2)3;/h14H,4-10H2,1-3H3,(H,15,17);1H. The highest BCUT2D eigenvalue weighted by molar-refractivity contribution is 5.85. The molecule has 2 amide bonds. The molecule has 0 aromatic rings. The first kappa shape index (κ1) is 18.2. The number of carbonyl (C=O) groups excluding carboxylic acids is 2. The summed E-state index contributed by atoms with van der Waals surface area (Å²) in [5.74, 6) is 0.163. The fourth-order valence-corrected chi connectivity index (χ4v) is 2.59. The summed E-state index contributed by atoms with van der Waals surface area (Å²) >= 11 is 0. The highest BCUT2D eigenvalue weighted by atomic mass is 35.5. The number of nitrogens with zero attached hydrogens (tertiary/aromatic N) is 1. The maximum Gasteiger partial charge on any atom is 0.230 e. The van der Waals surface area contributed by atoms with Crippen LogP contribution in [0, 0.1) is 5.41 Å². The third-order valence-corrected chi connectivity index (χ3v) is 3.65. The molecule has 6 heteroatoms. The van der Waals surface area contributed by atoms with Gasteiger partial charge in [-0.1, -0.05) is 12.8 Å². The van der Waals surface area contributed by atoms with Gasteiger partial charge >= 0.3 is 0 Å². The van der Waals surface area contributed by atoms with E-state index in [0.717, 1.165) is 25.7 Å². The molecular formula is C13H26ClN3O2. The minimum atomic E-state index is -0.362. The Balaban J connectivity index is 0.00000324. The van der Waals surface area contributed by atoms with Crippen molar-refractivity contribution in [2.24, 2.45) is 5.41 Å². The molecule has 0 aliphatic heterocycles. The van der Waals surface area contributed by atoms with Crippen molar-refractivity contribution in [2.45, 2.75) is 32.1 Å². The van der Waals surface area contributed by atoms with Crippen molar-refractivity contribution < 1.29 is 9.59 Å². The Morgan fingerprint density at radius 3 is 2.26 bits per heavy atom. The van der Waals surface area contributed by atoms with Crippen LogP contribution in [-0.2, 0) is 9.59 Å². The Morgan fingerprint density at radius 2 is 1.79 bits per heavy atom. The predicted molar refractivity (Wildman–Crippen MR) is 78.4 cm³/mol. The van der Waals surface area contributed by atoms with Gasteiger partial charge in [0.15, 0.2) is 0 Å². The molecule has 1 aliphatic carbocycles. The molecule has 1 aliphatic rings. The van der Waals surface area contributed by atoms with Crippen molar-refractivity contribution in [2.75, 3.05) is 34.2 Å². The molecule has 0 aromatic heterocycles. The average molecular weight is 292 g/mol. The van der Waals surface area contributed by atoms with Crippen LogP contribution in [0.15, 0.2) is 0 Å². The first-order valence-electron chi connectivity index (χ1n) is 6.65. The molecule has 1 saturated carbocycles. The molecule has 0 unspecified atom stereocenters. The summed E-state index contributed by atoms with van der Waals surface area (Å²) in [6.07, 6.45) is 4.38. The maximum atomic E-state index is 12.3. The fourth-order valence-electron chi connectivity index (χ4n) is 2.59. The van der Waals surface area contributed by atoms with Gasteiger partial charge in [0.25, 0.3) is 0 Å². The predicted octanol–water partition coefficient (Wildman–Crippen LogP) is 0.782. The summed E-state index contributed by atoms with van der Waals surface area (Å²) in [6.45, 7) is 1.15. The van der Waals surface area contributed by atoms with Crippen molar-refractivity contribution >= 4 is 24.2 Å². The minimum absolute atomic E-state index is 0. The molecule has 1 fully saturated rings. The van der Waals surface area contributed by atoms with Crippen LogP contribution >= 0.6 is 12.4 Å². The second-order valence-corrected chi connectivity index (χ2v) is 5.32. The summed E-state index contributed by atoms with van der Waals surface area (Å²) < 4.78 is 0. The highest BCUT2D eigenvalue weighted by Gasteiger charge is 2.42. The summed E-state index contributed by atoms with van der Waals surface area (Å²) in [4.78, 5) is 25.5. The van der Waals surface area contributed by atoms with Crippen LogP contribution in [0.1, 0.15) is 32.1 Å². The third-order valence-electron chi connectivity index (χ3n) is 3.65. The van der Waals surface area contributed by atoms with Crippen LogP contribution in [0.25, 0.3) is 0 Å². The van der Waals surface area contributed by atoms with Gasteiger partial charge in [0.1, 0.15) is 0 Å². The Bertz CT molecular complexity index is 302. The van der Waals surface area contributed by atoms with Gasteiger partial charge in [-0.3, -0.25) is 9.59 Å². The third kappa shape index (κ3) is 4.99. The molecule has 5 nitrogen and oxygen atoms in total. The molecule has 0 saturated heterocycles. The zero-order valence-electron chi connectivity index (χ0n) is 12.1. The van der Waals surface area contributed by atoms with E-state index in [2.05, 4.69) is 10.6 Å². The van der Waals surface area contributed by atoms with E-state index in [1.165, 1.54) is 0 Å². The number of nitrogens with one attached hydrogen (secondary N) is 2. The van der Waals surface area contributed by atoms with Crippen LogP contribution < -0.4 is 10.6 Å². The molecule has 0 atom stereocenters. The largest absolute Gasteiger partial charge is 0.355 e. The van der Waals surface area contributed by atoms with E-state index < -0.39 is 0 Å². The van der Waals surface area contributed by atoms with Gasteiger partial charge < -0.3 is 15.5 Å². The normalized spacial score (nSPS) is 16.6. The molecule has 0 aromatic carbocycles. The van der Waals surface area contributed by atoms with Gasteiger partial charge in [-0.15, -0.1) is 12.4 Å². The summed E-state index contributed by atoms with van der Waals surface area (Å²) in [6, 6.07) is 0. The Labute approximate surface area is 121 Å². The van der Waals surface area contributed by atoms with Crippen LogP contribution in [0.5, 0.6) is 0 Å². The van der Waals surface area contributed by atoms with Crippen molar-refractivity contribution in [3.63, 3.8) is 0 Å². The summed E-state index contributed by atoms with van der Waals surface area (Å²) in [7, 11) is 5.39. The molecule has 112 valence electrons. The first-order valence-corrected chi connectivity index (χ1v) is 6.65. The molecule has 1 rings (SSSR count). The lowest BCUT2D eigenvalue weighted by Crippen LogP contribution is -2.46. The van der Waals surface area contributed by atoms with Crippen LogP contribution in [0.3, 0.4) is 0 Å². The van der Waals surface area contributed by atoms with E-state index >= 15 is 0 Å². The number of halogens is 1. The first-order chi connectivity index (χ1) is 8.52. The van der Waals surface area contributed by atoms with E-state index in [1.54, 1.807) is 19.0 Å².